The van der Waals surface area contributed by atoms with Crippen molar-refractivity contribution in [3.05, 3.63) is 120 Å². The minimum Gasteiger partial charge on any atom is -0.255 e. The third-order valence-corrected chi connectivity index (χ3v) is 4.95. The topological polar surface area (TPSA) is 50.5 Å². The molecular weight excluding hydrogens is 380 g/mol. The highest BCUT2D eigenvalue weighted by Crippen LogP contribution is 2.20. The number of hydrogen-bond acceptors (Lipinski definition) is 4. The van der Waals surface area contributed by atoms with Gasteiger partial charge in [-0.15, -0.1) is 0 Å². The van der Waals surface area contributed by atoms with Gasteiger partial charge in [0.2, 0.25) is 0 Å². The van der Waals surface area contributed by atoms with Gasteiger partial charge in [-0.2, -0.15) is 0 Å². The predicted octanol–water partition coefficient (Wildman–Crippen LogP) is 6.35. The molecule has 4 nitrogen and oxygen atoms in total. The van der Waals surface area contributed by atoms with Crippen LogP contribution in [0.2, 0.25) is 0 Å². The molecule has 0 spiro atoms. The van der Waals surface area contributed by atoms with Crippen LogP contribution in [0.5, 0.6) is 0 Å². The Morgan fingerprint density at radius 1 is 0.581 bits per heavy atom. The number of hydrogen-bond donors (Lipinski definition) is 0. The summed E-state index contributed by atoms with van der Waals surface area (Å²) in [5, 5.41) is 0. The summed E-state index contributed by atoms with van der Waals surface area (Å²) < 4.78 is 0. The van der Waals surface area contributed by atoms with Crippen LogP contribution < -0.4 is 0 Å². The summed E-state index contributed by atoms with van der Waals surface area (Å²) in [4.78, 5) is 18.0. The zero-order valence-electron chi connectivity index (χ0n) is 17.7. The lowest BCUT2D eigenvalue weighted by Gasteiger charge is -2.05. The predicted molar refractivity (Wildman–Crippen MR) is 128 cm³/mol. The molecule has 2 aromatic carbocycles. The van der Waals surface area contributed by atoms with E-state index < -0.39 is 0 Å². The highest BCUT2D eigenvalue weighted by molar-refractivity contribution is 5.99. The van der Waals surface area contributed by atoms with E-state index in [1.165, 1.54) is 11.1 Å². The smallest absolute Gasteiger partial charge is 0.0841 e. The van der Waals surface area contributed by atoms with Crippen LogP contribution in [0.1, 0.15) is 36.4 Å². The molecule has 0 aliphatic carbocycles. The van der Waals surface area contributed by atoms with Gasteiger partial charge in [-0.25, -0.2) is 0 Å². The molecule has 2 heterocycles. The third kappa shape index (κ3) is 5.58. The molecule has 0 atom stereocenters. The van der Waals surface area contributed by atoms with Gasteiger partial charge in [-0.1, -0.05) is 36.4 Å². The molecule has 0 saturated heterocycles. The molecule has 152 valence electrons. The monoisotopic (exact) mass is 404 g/mol. The van der Waals surface area contributed by atoms with Crippen molar-refractivity contribution in [2.24, 2.45) is 9.98 Å². The molecule has 0 aliphatic rings. The van der Waals surface area contributed by atoms with Gasteiger partial charge in [0.1, 0.15) is 0 Å². The van der Waals surface area contributed by atoms with E-state index in [0.717, 1.165) is 40.6 Å². The van der Waals surface area contributed by atoms with E-state index in [-0.39, 0.29) is 0 Å². The second-order valence-electron chi connectivity index (χ2n) is 7.33. The standard InChI is InChI=1S/C27H24N4/c1-20(26-7-3-5-17-28-26)30-24-13-9-22(10-14-24)19-23-11-15-25(16-12-23)31-21(2)27-8-4-6-18-29-27/h3-18H,19H2,1-2H3. The van der Waals surface area contributed by atoms with Gasteiger partial charge in [-0.3, -0.25) is 20.0 Å². The van der Waals surface area contributed by atoms with E-state index in [9.17, 15) is 0 Å². The second-order valence-corrected chi connectivity index (χ2v) is 7.33. The van der Waals surface area contributed by atoms with Gasteiger partial charge in [0.05, 0.1) is 34.2 Å². The number of aliphatic imine (C=N–C) groups is 2. The van der Waals surface area contributed by atoms with E-state index in [1.807, 2.05) is 50.2 Å². The maximum atomic E-state index is 4.68. The molecule has 0 saturated carbocycles. The van der Waals surface area contributed by atoms with Gasteiger partial charge in [0.25, 0.3) is 0 Å². The SMILES string of the molecule is CC(=Nc1ccc(Cc2ccc(N=C(C)c3ccccn3)cc2)cc1)c1ccccn1. The van der Waals surface area contributed by atoms with Crippen LogP contribution in [0.3, 0.4) is 0 Å². The Kier molecular flexibility index (Phi) is 6.38. The lowest BCUT2D eigenvalue weighted by molar-refractivity contribution is 1.19. The molecule has 4 aromatic rings. The molecule has 0 aliphatic heterocycles. The summed E-state index contributed by atoms with van der Waals surface area (Å²) in [6, 6.07) is 28.4. The van der Waals surface area contributed by atoms with Crippen molar-refractivity contribution in [1.82, 2.24) is 9.97 Å². The normalized spacial score (nSPS) is 12.1. The number of rotatable bonds is 6. The molecule has 0 unspecified atom stereocenters. The molecule has 0 radical (unpaired) electrons. The Labute approximate surface area is 183 Å². The Morgan fingerprint density at radius 2 is 1.00 bits per heavy atom. The Bertz CT molecular complexity index is 1080. The van der Waals surface area contributed by atoms with Crippen molar-refractivity contribution in [3.8, 4) is 0 Å². The lowest BCUT2D eigenvalue weighted by Crippen LogP contribution is -1.96. The third-order valence-electron chi connectivity index (χ3n) is 4.95. The molecule has 0 N–H and O–H groups in total. The highest BCUT2D eigenvalue weighted by Gasteiger charge is 2.02. The first-order valence-corrected chi connectivity index (χ1v) is 10.3. The van der Waals surface area contributed by atoms with E-state index in [4.69, 9.17) is 0 Å². The minimum absolute atomic E-state index is 0.867. The van der Waals surface area contributed by atoms with Gasteiger partial charge < -0.3 is 0 Å². The average molecular weight is 405 g/mol. The first-order chi connectivity index (χ1) is 15.2. The van der Waals surface area contributed by atoms with E-state index >= 15 is 0 Å². The molecule has 0 amide bonds. The Morgan fingerprint density at radius 3 is 1.35 bits per heavy atom. The summed E-state index contributed by atoms with van der Waals surface area (Å²) in [6.07, 6.45) is 4.44. The average Bonchev–Trinajstić information content (AvgIpc) is 2.82. The molecule has 4 rings (SSSR count). The number of benzene rings is 2. The van der Waals surface area contributed by atoms with Crippen molar-refractivity contribution in [2.45, 2.75) is 20.3 Å². The first kappa shape index (κ1) is 20.4. The van der Waals surface area contributed by atoms with E-state index in [0.29, 0.717) is 0 Å². The van der Waals surface area contributed by atoms with Crippen molar-refractivity contribution in [3.63, 3.8) is 0 Å². The van der Waals surface area contributed by atoms with Crippen LogP contribution >= 0.6 is 0 Å². The molecule has 31 heavy (non-hydrogen) atoms. The zero-order chi connectivity index (χ0) is 21.5. The molecule has 0 bridgehead atoms. The lowest BCUT2D eigenvalue weighted by atomic mass is 10.0. The quantitative estimate of drug-likeness (QED) is 0.352. The number of pyridine rings is 2. The van der Waals surface area contributed by atoms with Gasteiger partial charge >= 0.3 is 0 Å². The fourth-order valence-corrected chi connectivity index (χ4v) is 3.27. The molecule has 0 fully saturated rings. The Hall–Kier alpha value is -3.92. The van der Waals surface area contributed by atoms with Crippen LogP contribution in [0, 0.1) is 0 Å². The summed E-state index contributed by atoms with van der Waals surface area (Å²) in [5.74, 6) is 0. The summed E-state index contributed by atoms with van der Waals surface area (Å²) in [6.45, 7) is 3.96. The summed E-state index contributed by atoms with van der Waals surface area (Å²) >= 11 is 0. The van der Waals surface area contributed by atoms with Crippen molar-refractivity contribution in [2.75, 3.05) is 0 Å². The fourth-order valence-electron chi connectivity index (χ4n) is 3.27. The molecular formula is C27H24N4. The van der Waals surface area contributed by atoms with Crippen molar-refractivity contribution in [1.29, 1.82) is 0 Å². The maximum Gasteiger partial charge on any atom is 0.0841 e. The minimum atomic E-state index is 0.867. The largest absolute Gasteiger partial charge is 0.255 e. The van der Waals surface area contributed by atoms with Crippen molar-refractivity contribution < 1.29 is 0 Å². The maximum absolute atomic E-state index is 4.68. The Balaban J connectivity index is 1.42. The number of aromatic nitrogens is 2. The molecule has 4 heteroatoms. The van der Waals surface area contributed by atoms with Gasteiger partial charge in [-0.05, 0) is 79.9 Å². The van der Waals surface area contributed by atoms with Crippen LogP contribution in [0.4, 0.5) is 11.4 Å². The summed E-state index contributed by atoms with van der Waals surface area (Å²) in [7, 11) is 0. The number of nitrogens with zero attached hydrogens (tertiary/aromatic N) is 4. The van der Waals surface area contributed by atoms with Gasteiger partial charge in [0.15, 0.2) is 0 Å². The fraction of sp³-hybridized carbons (Fsp3) is 0.111. The summed E-state index contributed by atoms with van der Waals surface area (Å²) in [5.41, 5.74) is 7.96. The zero-order valence-corrected chi connectivity index (χ0v) is 17.7. The molecule has 2 aromatic heterocycles. The van der Waals surface area contributed by atoms with Crippen LogP contribution in [-0.2, 0) is 6.42 Å². The second kappa shape index (κ2) is 9.72. The first-order valence-electron chi connectivity index (χ1n) is 10.3. The highest BCUT2D eigenvalue weighted by atomic mass is 14.8. The van der Waals surface area contributed by atoms with Gasteiger partial charge in [0, 0.05) is 12.4 Å². The van der Waals surface area contributed by atoms with Crippen molar-refractivity contribution >= 4 is 22.8 Å². The van der Waals surface area contributed by atoms with Crippen LogP contribution in [0.25, 0.3) is 0 Å². The van der Waals surface area contributed by atoms with E-state index in [1.54, 1.807) is 12.4 Å². The van der Waals surface area contributed by atoms with Crippen LogP contribution in [0.15, 0.2) is 107 Å². The van der Waals surface area contributed by atoms with Crippen LogP contribution in [-0.4, -0.2) is 21.4 Å². The van der Waals surface area contributed by atoms with E-state index in [2.05, 4.69) is 68.5 Å².